The van der Waals surface area contributed by atoms with E-state index in [0.29, 0.717) is 12.8 Å². The number of hydrogen-bond donors (Lipinski definition) is 1. The molecule has 166 valence electrons. The fourth-order valence-electron chi connectivity index (χ4n) is 4.26. The number of hydrogen-bond acceptors (Lipinski definition) is 4. The second-order valence-corrected chi connectivity index (χ2v) is 8.36. The zero-order valence-electron chi connectivity index (χ0n) is 19.0. The minimum atomic E-state index is -0.0160. The van der Waals surface area contributed by atoms with E-state index in [9.17, 15) is 4.79 Å². The summed E-state index contributed by atoms with van der Waals surface area (Å²) in [5.74, 6) is 0.964. The Morgan fingerprint density at radius 1 is 1.03 bits per heavy atom. The van der Waals surface area contributed by atoms with Crippen molar-refractivity contribution in [3.8, 4) is 0 Å². The molecule has 0 unspecified atom stereocenters. The van der Waals surface area contributed by atoms with Gasteiger partial charge in [-0.2, -0.15) is 5.10 Å². The number of imidazole rings is 1. The van der Waals surface area contributed by atoms with Gasteiger partial charge in [-0.05, 0) is 62.6 Å². The lowest BCUT2D eigenvalue weighted by Gasteiger charge is -2.12. The molecular weight excluding hydrogens is 412 g/mol. The quantitative estimate of drug-likeness (QED) is 0.420. The van der Waals surface area contributed by atoms with Crippen molar-refractivity contribution in [2.75, 3.05) is 5.32 Å². The predicted molar refractivity (Wildman–Crippen MR) is 129 cm³/mol. The number of nitrogens with zero attached hydrogens (tertiary/aromatic N) is 5. The Bertz CT molecular complexity index is 1460. The van der Waals surface area contributed by atoms with Crippen molar-refractivity contribution in [2.45, 2.75) is 40.2 Å². The Morgan fingerprint density at radius 2 is 1.82 bits per heavy atom. The van der Waals surface area contributed by atoms with Crippen LogP contribution in [-0.2, 0) is 17.8 Å². The molecule has 0 atom stereocenters. The molecule has 0 aliphatic carbocycles. The summed E-state index contributed by atoms with van der Waals surface area (Å²) in [7, 11) is 0. The number of nitrogens with one attached hydrogen (secondary N) is 1. The summed E-state index contributed by atoms with van der Waals surface area (Å²) in [6, 6.07) is 16.0. The molecule has 7 heteroatoms. The van der Waals surface area contributed by atoms with Crippen LogP contribution in [-0.4, -0.2) is 30.1 Å². The summed E-state index contributed by atoms with van der Waals surface area (Å²) in [6.45, 7) is 6.79. The maximum atomic E-state index is 12.6. The van der Waals surface area contributed by atoms with E-state index in [4.69, 9.17) is 10.1 Å². The van der Waals surface area contributed by atoms with E-state index in [1.807, 2.05) is 80.0 Å². The molecule has 0 saturated carbocycles. The average molecular weight is 439 g/mol. The summed E-state index contributed by atoms with van der Waals surface area (Å²) in [6.07, 6.45) is 4.76. The highest BCUT2D eigenvalue weighted by Gasteiger charge is 2.15. The first-order chi connectivity index (χ1) is 16.0. The topological polar surface area (TPSA) is 77.1 Å². The molecular formula is C26H26N6O. The molecule has 5 aromatic rings. The fourth-order valence-corrected chi connectivity index (χ4v) is 4.26. The van der Waals surface area contributed by atoms with Gasteiger partial charge in [0.1, 0.15) is 5.82 Å². The summed E-state index contributed by atoms with van der Waals surface area (Å²) in [5.41, 5.74) is 6.78. The fraction of sp³-hybridized carbons (Fsp3) is 0.231. The molecule has 7 nitrogen and oxygen atoms in total. The molecule has 1 N–H and O–H groups in total. The van der Waals surface area contributed by atoms with Crippen molar-refractivity contribution >= 4 is 28.1 Å². The van der Waals surface area contributed by atoms with Crippen molar-refractivity contribution in [1.82, 2.24) is 24.1 Å². The summed E-state index contributed by atoms with van der Waals surface area (Å²) in [4.78, 5) is 21.7. The zero-order chi connectivity index (χ0) is 22.9. The largest absolute Gasteiger partial charge is 0.331 e. The number of fused-ring (bicyclic) bond motifs is 3. The van der Waals surface area contributed by atoms with Crippen LogP contribution in [0.25, 0.3) is 16.6 Å². The van der Waals surface area contributed by atoms with Crippen LogP contribution in [0.4, 0.5) is 5.69 Å². The molecule has 3 aromatic heterocycles. The van der Waals surface area contributed by atoms with Gasteiger partial charge in [-0.25, -0.2) is 14.5 Å². The van der Waals surface area contributed by atoms with Crippen LogP contribution in [0, 0.1) is 20.8 Å². The maximum Gasteiger partial charge on any atom is 0.224 e. The number of rotatable bonds is 6. The second kappa shape index (κ2) is 8.50. The van der Waals surface area contributed by atoms with E-state index >= 15 is 0 Å². The van der Waals surface area contributed by atoms with E-state index in [1.54, 1.807) is 6.20 Å². The highest BCUT2D eigenvalue weighted by Crippen LogP contribution is 2.23. The number of aryl methyl sites for hydroxylation is 3. The molecule has 1 amide bonds. The van der Waals surface area contributed by atoms with Gasteiger partial charge in [-0.15, -0.1) is 0 Å². The average Bonchev–Trinajstić information content (AvgIpc) is 3.38. The lowest BCUT2D eigenvalue weighted by atomic mass is 10.1. The van der Waals surface area contributed by atoms with Crippen LogP contribution >= 0.6 is 0 Å². The Labute approximate surface area is 192 Å². The van der Waals surface area contributed by atoms with Gasteiger partial charge in [-0.1, -0.05) is 24.3 Å². The predicted octanol–water partition coefficient (Wildman–Crippen LogP) is 4.62. The van der Waals surface area contributed by atoms with Crippen molar-refractivity contribution in [1.29, 1.82) is 0 Å². The van der Waals surface area contributed by atoms with E-state index in [1.165, 1.54) is 0 Å². The standard InChI is InChI=1S/C26H26N6O/c1-17-22(18(2)32-26(28-17)23-6-4-5-7-24(23)30-32)12-13-25(33)29-21-10-8-20(9-11-21)16-31-15-14-27-19(31)3/h4-11,14-15H,12-13,16H2,1-3H3,(H,29,33). The smallest absolute Gasteiger partial charge is 0.224 e. The maximum absolute atomic E-state index is 12.6. The third-order valence-corrected chi connectivity index (χ3v) is 6.13. The van der Waals surface area contributed by atoms with Gasteiger partial charge in [0.25, 0.3) is 0 Å². The van der Waals surface area contributed by atoms with E-state index < -0.39 is 0 Å². The number of aromatic nitrogens is 5. The van der Waals surface area contributed by atoms with E-state index in [0.717, 1.165) is 57.1 Å². The van der Waals surface area contributed by atoms with Gasteiger partial charge < -0.3 is 9.88 Å². The van der Waals surface area contributed by atoms with Gasteiger partial charge in [0.2, 0.25) is 5.91 Å². The van der Waals surface area contributed by atoms with E-state index in [-0.39, 0.29) is 5.91 Å². The minimum absolute atomic E-state index is 0.0160. The van der Waals surface area contributed by atoms with Gasteiger partial charge in [0, 0.05) is 47.8 Å². The van der Waals surface area contributed by atoms with Gasteiger partial charge in [0.05, 0.1) is 5.52 Å². The second-order valence-electron chi connectivity index (χ2n) is 8.36. The van der Waals surface area contributed by atoms with Crippen LogP contribution in [0.3, 0.4) is 0 Å². The van der Waals surface area contributed by atoms with Crippen LogP contribution in [0.15, 0.2) is 60.9 Å². The minimum Gasteiger partial charge on any atom is -0.331 e. The molecule has 5 rings (SSSR count). The number of carbonyl (C=O) groups is 1. The highest BCUT2D eigenvalue weighted by atomic mass is 16.1. The molecule has 0 aliphatic rings. The third kappa shape index (κ3) is 4.09. The highest BCUT2D eigenvalue weighted by molar-refractivity contribution is 5.92. The van der Waals surface area contributed by atoms with Gasteiger partial charge in [-0.3, -0.25) is 4.79 Å². The monoisotopic (exact) mass is 438 g/mol. The summed E-state index contributed by atoms with van der Waals surface area (Å²) in [5, 5.41) is 8.75. The Morgan fingerprint density at radius 3 is 2.58 bits per heavy atom. The molecule has 0 saturated heterocycles. The first kappa shape index (κ1) is 20.9. The van der Waals surface area contributed by atoms with Crippen LogP contribution < -0.4 is 5.32 Å². The number of amides is 1. The molecule has 3 heterocycles. The Balaban J connectivity index is 1.26. The molecule has 0 spiro atoms. The normalized spacial score (nSPS) is 11.4. The van der Waals surface area contributed by atoms with Gasteiger partial charge >= 0.3 is 0 Å². The van der Waals surface area contributed by atoms with Crippen molar-refractivity contribution in [3.63, 3.8) is 0 Å². The van der Waals surface area contributed by atoms with Crippen LogP contribution in [0.2, 0.25) is 0 Å². The summed E-state index contributed by atoms with van der Waals surface area (Å²) >= 11 is 0. The molecule has 0 radical (unpaired) electrons. The Hall–Kier alpha value is -4.00. The van der Waals surface area contributed by atoms with Crippen molar-refractivity contribution in [3.05, 3.63) is 89.3 Å². The number of benzene rings is 2. The van der Waals surface area contributed by atoms with Crippen molar-refractivity contribution in [2.24, 2.45) is 0 Å². The first-order valence-corrected chi connectivity index (χ1v) is 11.1. The third-order valence-electron chi connectivity index (χ3n) is 6.13. The molecule has 33 heavy (non-hydrogen) atoms. The molecule has 0 fully saturated rings. The van der Waals surface area contributed by atoms with Gasteiger partial charge in [0.15, 0.2) is 5.65 Å². The SMILES string of the molecule is Cc1nc2c3ccccc3nn2c(C)c1CCC(=O)Nc1ccc(Cn2ccnc2C)cc1. The first-order valence-electron chi connectivity index (χ1n) is 11.1. The lowest BCUT2D eigenvalue weighted by Crippen LogP contribution is -2.14. The van der Waals surface area contributed by atoms with Crippen molar-refractivity contribution < 1.29 is 4.79 Å². The van der Waals surface area contributed by atoms with Crippen LogP contribution in [0.5, 0.6) is 0 Å². The Kier molecular flexibility index (Phi) is 5.38. The van der Waals surface area contributed by atoms with E-state index in [2.05, 4.69) is 14.9 Å². The molecule has 2 aromatic carbocycles. The lowest BCUT2D eigenvalue weighted by molar-refractivity contribution is -0.116. The number of anilines is 1. The zero-order valence-corrected chi connectivity index (χ0v) is 19.0. The number of carbonyl (C=O) groups excluding carboxylic acids is 1. The molecule has 0 aliphatic heterocycles. The summed E-state index contributed by atoms with van der Waals surface area (Å²) < 4.78 is 3.98. The van der Waals surface area contributed by atoms with Crippen LogP contribution in [0.1, 0.15) is 34.8 Å². The molecule has 0 bridgehead atoms.